The summed E-state index contributed by atoms with van der Waals surface area (Å²) >= 11 is 0. The van der Waals surface area contributed by atoms with E-state index in [2.05, 4.69) is 15.5 Å². The minimum absolute atomic E-state index is 0.115. The van der Waals surface area contributed by atoms with E-state index in [9.17, 15) is 22.8 Å². The van der Waals surface area contributed by atoms with Crippen LogP contribution in [0.25, 0.3) is 0 Å². The fourth-order valence-electron chi connectivity index (χ4n) is 4.53. The van der Waals surface area contributed by atoms with Gasteiger partial charge >= 0.3 is 6.18 Å². The predicted molar refractivity (Wildman–Crippen MR) is 109 cm³/mol. The van der Waals surface area contributed by atoms with Gasteiger partial charge < -0.3 is 15.1 Å². The van der Waals surface area contributed by atoms with Crippen LogP contribution in [0.3, 0.4) is 0 Å². The SMILES string of the molecule is Cc1c(C(=O)NC2CC2)nnc2c1CC1CN(C(=O)c3ccccc3C(F)(F)F)CCN21. The Kier molecular flexibility index (Phi) is 4.83. The molecule has 1 aliphatic carbocycles. The fourth-order valence-corrected chi connectivity index (χ4v) is 4.53. The molecule has 2 aliphatic heterocycles. The average molecular weight is 445 g/mol. The van der Waals surface area contributed by atoms with E-state index >= 15 is 0 Å². The van der Waals surface area contributed by atoms with E-state index in [0.29, 0.717) is 24.5 Å². The number of nitrogens with zero attached hydrogens (tertiary/aromatic N) is 4. The number of benzene rings is 1. The van der Waals surface area contributed by atoms with Crippen LogP contribution in [-0.4, -0.2) is 58.6 Å². The van der Waals surface area contributed by atoms with Crippen LogP contribution < -0.4 is 10.2 Å². The second kappa shape index (κ2) is 7.46. The summed E-state index contributed by atoms with van der Waals surface area (Å²) in [4.78, 5) is 29.0. The normalized spacial score (nSPS) is 20.1. The van der Waals surface area contributed by atoms with Crippen molar-refractivity contribution in [2.24, 2.45) is 0 Å². The van der Waals surface area contributed by atoms with Crippen LogP contribution in [-0.2, 0) is 12.6 Å². The monoisotopic (exact) mass is 445 g/mol. The molecule has 2 fully saturated rings. The van der Waals surface area contributed by atoms with Crippen LogP contribution in [0.2, 0.25) is 0 Å². The molecule has 0 radical (unpaired) electrons. The maximum atomic E-state index is 13.4. The molecule has 5 rings (SSSR count). The van der Waals surface area contributed by atoms with Crippen molar-refractivity contribution in [1.82, 2.24) is 20.4 Å². The molecular weight excluding hydrogens is 423 g/mol. The molecule has 10 heteroatoms. The summed E-state index contributed by atoms with van der Waals surface area (Å²) in [6.45, 7) is 2.85. The maximum absolute atomic E-state index is 13.4. The Bertz CT molecular complexity index is 1100. The van der Waals surface area contributed by atoms with E-state index in [1.165, 1.54) is 23.1 Å². The number of carbonyl (C=O) groups excluding carboxylic acids is 2. The number of amides is 2. The fraction of sp³-hybridized carbons (Fsp3) is 0.455. The van der Waals surface area contributed by atoms with Gasteiger partial charge in [0, 0.05) is 31.2 Å². The molecule has 2 amide bonds. The summed E-state index contributed by atoms with van der Waals surface area (Å²) in [6.07, 6.45) is -2.09. The van der Waals surface area contributed by atoms with E-state index in [-0.39, 0.29) is 36.6 Å². The highest BCUT2D eigenvalue weighted by Crippen LogP contribution is 2.36. The van der Waals surface area contributed by atoms with Gasteiger partial charge in [-0.25, -0.2) is 0 Å². The first kappa shape index (κ1) is 20.7. The highest BCUT2D eigenvalue weighted by molar-refractivity contribution is 5.96. The molecule has 2 aromatic rings. The minimum atomic E-state index is -4.60. The molecule has 168 valence electrons. The quantitative estimate of drug-likeness (QED) is 0.786. The van der Waals surface area contributed by atoms with Crippen molar-refractivity contribution in [2.75, 3.05) is 24.5 Å². The summed E-state index contributed by atoms with van der Waals surface area (Å²) in [5.41, 5.74) is 0.732. The van der Waals surface area contributed by atoms with E-state index in [1.54, 1.807) is 0 Å². The van der Waals surface area contributed by atoms with Crippen molar-refractivity contribution >= 4 is 17.6 Å². The third-order valence-corrected chi connectivity index (χ3v) is 6.39. The number of hydrogen-bond donors (Lipinski definition) is 1. The van der Waals surface area contributed by atoms with Gasteiger partial charge in [0.15, 0.2) is 11.5 Å². The Morgan fingerprint density at radius 1 is 1.12 bits per heavy atom. The number of alkyl halides is 3. The van der Waals surface area contributed by atoms with Gasteiger partial charge in [0.25, 0.3) is 11.8 Å². The first-order chi connectivity index (χ1) is 15.2. The summed E-state index contributed by atoms with van der Waals surface area (Å²) in [6, 6.07) is 4.97. The Balaban J connectivity index is 1.36. The molecule has 1 saturated carbocycles. The number of nitrogens with one attached hydrogen (secondary N) is 1. The van der Waals surface area contributed by atoms with Crippen LogP contribution in [0.1, 0.15) is 50.4 Å². The lowest BCUT2D eigenvalue weighted by molar-refractivity contribution is -0.138. The lowest BCUT2D eigenvalue weighted by atomic mass is 10.0. The van der Waals surface area contributed by atoms with Gasteiger partial charge in [-0.2, -0.15) is 13.2 Å². The minimum Gasteiger partial charge on any atom is -0.348 e. The Morgan fingerprint density at radius 3 is 2.59 bits per heavy atom. The Morgan fingerprint density at radius 2 is 1.88 bits per heavy atom. The maximum Gasteiger partial charge on any atom is 0.417 e. The number of piperazine rings is 1. The van der Waals surface area contributed by atoms with Gasteiger partial charge in [-0.1, -0.05) is 12.1 Å². The van der Waals surface area contributed by atoms with Crippen LogP contribution in [0.15, 0.2) is 24.3 Å². The summed E-state index contributed by atoms with van der Waals surface area (Å²) in [7, 11) is 0. The molecule has 3 heterocycles. The van der Waals surface area contributed by atoms with Crippen molar-refractivity contribution in [3.8, 4) is 0 Å². The third-order valence-electron chi connectivity index (χ3n) is 6.39. The van der Waals surface area contributed by atoms with Crippen molar-refractivity contribution in [3.63, 3.8) is 0 Å². The van der Waals surface area contributed by atoms with Gasteiger partial charge in [-0.15, -0.1) is 10.2 Å². The molecule has 0 spiro atoms. The zero-order chi connectivity index (χ0) is 22.6. The molecule has 1 saturated heterocycles. The molecular formula is C22H22F3N5O2. The van der Waals surface area contributed by atoms with Crippen LogP contribution in [0.4, 0.5) is 19.0 Å². The van der Waals surface area contributed by atoms with Gasteiger partial charge in [-0.05, 0) is 43.9 Å². The topological polar surface area (TPSA) is 78.4 Å². The van der Waals surface area contributed by atoms with Crippen molar-refractivity contribution in [3.05, 3.63) is 52.2 Å². The van der Waals surface area contributed by atoms with Crippen molar-refractivity contribution < 1.29 is 22.8 Å². The van der Waals surface area contributed by atoms with Crippen molar-refractivity contribution in [1.29, 1.82) is 0 Å². The van der Waals surface area contributed by atoms with Gasteiger partial charge in [0.05, 0.1) is 17.2 Å². The van der Waals surface area contributed by atoms with Gasteiger partial charge in [0.1, 0.15) is 0 Å². The van der Waals surface area contributed by atoms with Gasteiger partial charge in [-0.3, -0.25) is 9.59 Å². The molecule has 0 bridgehead atoms. The van der Waals surface area contributed by atoms with E-state index in [1.807, 2.05) is 11.8 Å². The van der Waals surface area contributed by atoms with Crippen LogP contribution >= 0.6 is 0 Å². The second-order valence-corrected chi connectivity index (χ2v) is 8.57. The molecule has 1 unspecified atom stereocenters. The lowest BCUT2D eigenvalue weighted by Gasteiger charge is -2.38. The van der Waals surface area contributed by atoms with E-state index < -0.39 is 17.6 Å². The first-order valence-electron chi connectivity index (χ1n) is 10.6. The van der Waals surface area contributed by atoms with Crippen molar-refractivity contribution in [2.45, 2.75) is 44.4 Å². The number of halogens is 3. The Hall–Kier alpha value is -3.17. The molecule has 3 aliphatic rings. The third kappa shape index (κ3) is 3.57. The number of carbonyl (C=O) groups is 2. The number of rotatable bonds is 3. The molecule has 7 nitrogen and oxygen atoms in total. The lowest BCUT2D eigenvalue weighted by Crippen LogP contribution is -2.54. The summed E-state index contributed by atoms with van der Waals surface area (Å²) < 4.78 is 40.1. The number of aromatic nitrogens is 2. The largest absolute Gasteiger partial charge is 0.417 e. The zero-order valence-corrected chi connectivity index (χ0v) is 17.4. The molecule has 1 N–H and O–H groups in total. The van der Waals surface area contributed by atoms with E-state index in [0.717, 1.165) is 30.0 Å². The average Bonchev–Trinajstić information content (AvgIpc) is 3.50. The zero-order valence-electron chi connectivity index (χ0n) is 17.4. The molecule has 1 aromatic carbocycles. The second-order valence-electron chi connectivity index (χ2n) is 8.57. The standard InChI is InChI=1S/C22H22F3N5O2/c1-12-16-10-14-11-29(21(32)15-4-2-3-5-17(15)22(23,24)25)8-9-30(14)19(16)28-27-18(12)20(31)26-13-6-7-13/h2-5,13-14H,6-11H2,1H3,(H,26,31). The number of anilines is 1. The number of hydrogen-bond acceptors (Lipinski definition) is 5. The van der Waals surface area contributed by atoms with Crippen LogP contribution in [0.5, 0.6) is 0 Å². The summed E-state index contributed by atoms with van der Waals surface area (Å²) in [5, 5.41) is 11.4. The Labute approximate surface area is 182 Å². The highest BCUT2D eigenvalue weighted by atomic mass is 19.4. The molecule has 32 heavy (non-hydrogen) atoms. The van der Waals surface area contributed by atoms with Crippen LogP contribution in [0, 0.1) is 6.92 Å². The van der Waals surface area contributed by atoms with E-state index in [4.69, 9.17) is 0 Å². The highest BCUT2D eigenvalue weighted by Gasteiger charge is 2.41. The van der Waals surface area contributed by atoms with Gasteiger partial charge in [0.2, 0.25) is 0 Å². The predicted octanol–water partition coefficient (Wildman–Crippen LogP) is 2.58. The number of fused-ring (bicyclic) bond motifs is 3. The molecule has 1 atom stereocenters. The summed E-state index contributed by atoms with van der Waals surface area (Å²) in [5.74, 6) is -0.162. The smallest absolute Gasteiger partial charge is 0.348 e. The molecule has 1 aromatic heterocycles. The first-order valence-corrected chi connectivity index (χ1v) is 10.6.